The molecule has 3 rings (SSSR count). The Morgan fingerprint density at radius 1 is 1.21 bits per heavy atom. The number of aromatic nitrogens is 2. The molecule has 1 atom stereocenters. The molecule has 0 spiro atoms. The molecule has 7 nitrogen and oxygen atoms in total. The summed E-state index contributed by atoms with van der Waals surface area (Å²) in [6.45, 7) is 9.74. The summed E-state index contributed by atoms with van der Waals surface area (Å²) in [5.74, 6) is 2.47. The summed E-state index contributed by atoms with van der Waals surface area (Å²) in [6, 6.07) is 8.69. The number of imidazole rings is 1. The van der Waals surface area contributed by atoms with Crippen LogP contribution < -0.4 is 10.6 Å². The predicted octanol–water partition coefficient (Wildman–Crippen LogP) is 1.99. The molecule has 0 saturated carbocycles. The zero-order chi connectivity index (χ0) is 19.9. The number of aliphatic imine (C=N–C) groups is 1. The molecule has 2 N–H and O–H groups in total. The van der Waals surface area contributed by atoms with Crippen molar-refractivity contribution in [1.29, 1.82) is 0 Å². The van der Waals surface area contributed by atoms with E-state index in [0.29, 0.717) is 18.5 Å². The van der Waals surface area contributed by atoms with Crippen molar-refractivity contribution in [2.24, 2.45) is 18.0 Å². The number of aryl methyl sites for hydroxylation is 1. The van der Waals surface area contributed by atoms with Gasteiger partial charge in [0, 0.05) is 39.8 Å². The molecule has 2 aromatic rings. The van der Waals surface area contributed by atoms with Crippen LogP contribution in [0.2, 0.25) is 0 Å². The van der Waals surface area contributed by atoms with Crippen molar-refractivity contribution in [3.8, 4) is 0 Å². The van der Waals surface area contributed by atoms with E-state index in [2.05, 4.69) is 52.1 Å². The molecule has 7 heteroatoms. The van der Waals surface area contributed by atoms with E-state index in [1.807, 2.05) is 25.2 Å². The molecular formula is C21H34N6O. The fourth-order valence-electron chi connectivity index (χ4n) is 3.80. The number of hydrogen-bond donors (Lipinski definition) is 2. The predicted molar refractivity (Wildman–Crippen MR) is 115 cm³/mol. The second kappa shape index (κ2) is 9.89. The van der Waals surface area contributed by atoms with Crippen LogP contribution in [0.3, 0.4) is 0 Å². The summed E-state index contributed by atoms with van der Waals surface area (Å²) in [6.07, 6.45) is 1.16. The first-order chi connectivity index (χ1) is 13.6. The van der Waals surface area contributed by atoms with Crippen molar-refractivity contribution < 1.29 is 4.74 Å². The summed E-state index contributed by atoms with van der Waals surface area (Å²) >= 11 is 0. The fraction of sp³-hybridized carbons (Fsp3) is 0.619. The number of rotatable bonds is 7. The summed E-state index contributed by atoms with van der Waals surface area (Å²) in [5, 5.41) is 6.93. The van der Waals surface area contributed by atoms with Gasteiger partial charge in [-0.2, -0.15) is 0 Å². The van der Waals surface area contributed by atoms with Crippen LogP contribution in [0, 0.1) is 5.92 Å². The van der Waals surface area contributed by atoms with Gasteiger partial charge in [-0.05, 0) is 24.5 Å². The minimum absolute atomic E-state index is 0.484. The molecule has 1 aromatic heterocycles. The highest BCUT2D eigenvalue weighted by Gasteiger charge is 2.22. The van der Waals surface area contributed by atoms with E-state index >= 15 is 0 Å². The topological polar surface area (TPSA) is 66.7 Å². The van der Waals surface area contributed by atoms with E-state index in [1.165, 1.54) is 0 Å². The average molecular weight is 387 g/mol. The summed E-state index contributed by atoms with van der Waals surface area (Å²) in [4.78, 5) is 11.7. The Morgan fingerprint density at radius 3 is 2.64 bits per heavy atom. The highest BCUT2D eigenvalue weighted by atomic mass is 16.5. The smallest absolute Gasteiger partial charge is 0.191 e. The van der Waals surface area contributed by atoms with Crippen molar-refractivity contribution in [1.82, 2.24) is 25.1 Å². The van der Waals surface area contributed by atoms with E-state index in [1.54, 1.807) is 0 Å². The standard InChI is InChI=1S/C21H34N6O/c1-16(2)13-17(27-9-11-28-12-10-27)14-23-21(22-3)24-15-20-25-18-7-5-6-8-19(18)26(20)4/h5-8,16-17H,9-15H2,1-4H3,(H2,22,23,24). The van der Waals surface area contributed by atoms with Gasteiger partial charge in [0.25, 0.3) is 0 Å². The number of nitrogens with one attached hydrogen (secondary N) is 2. The molecule has 1 aliphatic rings. The van der Waals surface area contributed by atoms with E-state index in [9.17, 15) is 0 Å². The third-order valence-electron chi connectivity index (χ3n) is 5.33. The van der Waals surface area contributed by atoms with Crippen LogP contribution in [-0.4, -0.2) is 66.3 Å². The highest BCUT2D eigenvalue weighted by molar-refractivity contribution is 5.80. The van der Waals surface area contributed by atoms with Gasteiger partial charge >= 0.3 is 0 Å². The number of para-hydroxylation sites is 2. The number of morpholine rings is 1. The van der Waals surface area contributed by atoms with Gasteiger partial charge in [0.05, 0.1) is 30.8 Å². The van der Waals surface area contributed by atoms with Crippen molar-refractivity contribution >= 4 is 17.0 Å². The molecule has 0 aliphatic carbocycles. The van der Waals surface area contributed by atoms with Crippen LogP contribution in [0.5, 0.6) is 0 Å². The number of guanidine groups is 1. The maximum atomic E-state index is 5.52. The maximum Gasteiger partial charge on any atom is 0.191 e. The van der Waals surface area contributed by atoms with Crippen LogP contribution >= 0.6 is 0 Å². The number of ether oxygens (including phenoxy) is 1. The van der Waals surface area contributed by atoms with Crippen LogP contribution in [0.1, 0.15) is 26.1 Å². The lowest BCUT2D eigenvalue weighted by atomic mass is 10.0. The Balaban J connectivity index is 1.57. The Bertz CT molecular complexity index is 778. The van der Waals surface area contributed by atoms with E-state index in [4.69, 9.17) is 9.72 Å². The van der Waals surface area contributed by atoms with Gasteiger partial charge in [-0.1, -0.05) is 26.0 Å². The van der Waals surface area contributed by atoms with E-state index in [0.717, 1.165) is 62.1 Å². The summed E-state index contributed by atoms with van der Waals surface area (Å²) in [5.41, 5.74) is 2.17. The minimum Gasteiger partial charge on any atom is -0.379 e. The molecule has 0 bridgehead atoms. The van der Waals surface area contributed by atoms with Gasteiger partial charge in [0.2, 0.25) is 0 Å². The van der Waals surface area contributed by atoms with Crippen LogP contribution in [-0.2, 0) is 18.3 Å². The van der Waals surface area contributed by atoms with Gasteiger partial charge < -0.3 is 19.9 Å². The lowest BCUT2D eigenvalue weighted by Gasteiger charge is -2.35. The zero-order valence-corrected chi connectivity index (χ0v) is 17.6. The quantitative estimate of drug-likeness (QED) is 0.563. The molecule has 154 valence electrons. The molecule has 1 aliphatic heterocycles. The highest BCUT2D eigenvalue weighted by Crippen LogP contribution is 2.14. The third kappa shape index (κ3) is 5.23. The van der Waals surface area contributed by atoms with Crippen molar-refractivity contribution in [2.45, 2.75) is 32.9 Å². The number of fused-ring (bicyclic) bond motifs is 1. The molecule has 0 amide bonds. The Hall–Kier alpha value is -2.12. The first kappa shape index (κ1) is 20.6. The summed E-state index contributed by atoms with van der Waals surface area (Å²) in [7, 11) is 3.87. The van der Waals surface area contributed by atoms with Gasteiger partial charge in [0.15, 0.2) is 5.96 Å². The van der Waals surface area contributed by atoms with Crippen molar-refractivity contribution in [3.63, 3.8) is 0 Å². The number of hydrogen-bond acceptors (Lipinski definition) is 4. The monoisotopic (exact) mass is 386 g/mol. The number of benzene rings is 1. The molecule has 0 radical (unpaired) electrons. The first-order valence-corrected chi connectivity index (χ1v) is 10.2. The largest absolute Gasteiger partial charge is 0.379 e. The Labute approximate surface area is 168 Å². The van der Waals surface area contributed by atoms with Gasteiger partial charge in [0.1, 0.15) is 5.82 Å². The number of nitrogens with zero attached hydrogens (tertiary/aromatic N) is 4. The lowest BCUT2D eigenvalue weighted by Crippen LogP contribution is -2.51. The maximum absolute atomic E-state index is 5.52. The molecule has 2 heterocycles. The van der Waals surface area contributed by atoms with Gasteiger partial charge in [-0.3, -0.25) is 9.89 Å². The molecule has 1 fully saturated rings. The Kier molecular flexibility index (Phi) is 7.28. The van der Waals surface area contributed by atoms with Crippen molar-refractivity contribution in [2.75, 3.05) is 39.9 Å². The SMILES string of the molecule is CN=C(NCc1nc2ccccc2n1C)NCC(CC(C)C)N1CCOCC1. The first-order valence-electron chi connectivity index (χ1n) is 10.2. The average Bonchev–Trinajstić information content (AvgIpc) is 3.03. The lowest BCUT2D eigenvalue weighted by molar-refractivity contribution is 0.0132. The van der Waals surface area contributed by atoms with Gasteiger partial charge in [-0.15, -0.1) is 0 Å². The normalized spacial score (nSPS) is 17.2. The second-order valence-electron chi connectivity index (χ2n) is 7.81. The van der Waals surface area contributed by atoms with Crippen LogP contribution in [0.4, 0.5) is 0 Å². The van der Waals surface area contributed by atoms with E-state index in [-0.39, 0.29) is 0 Å². The Morgan fingerprint density at radius 2 is 1.96 bits per heavy atom. The zero-order valence-electron chi connectivity index (χ0n) is 17.6. The van der Waals surface area contributed by atoms with Crippen LogP contribution in [0.25, 0.3) is 11.0 Å². The third-order valence-corrected chi connectivity index (χ3v) is 5.33. The molecule has 1 saturated heterocycles. The molecule has 28 heavy (non-hydrogen) atoms. The molecule has 1 aromatic carbocycles. The van der Waals surface area contributed by atoms with E-state index < -0.39 is 0 Å². The summed E-state index contributed by atoms with van der Waals surface area (Å²) < 4.78 is 7.65. The van der Waals surface area contributed by atoms with Crippen molar-refractivity contribution in [3.05, 3.63) is 30.1 Å². The van der Waals surface area contributed by atoms with Gasteiger partial charge in [-0.25, -0.2) is 4.98 Å². The van der Waals surface area contributed by atoms with Crippen LogP contribution in [0.15, 0.2) is 29.3 Å². The second-order valence-corrected chi connectivity index (χ2v) is 7.81. The minimum atomic E-state index is 0.484. The molecular weight excluding hydrogens is 352 g/mol. The molecule has 1 unspecified atom stereocenters. The fourth-order valence-corrected chi connectivity index (χ4v) is 3.80.